The van der Waals surface area contributed by atoms with Gasteiger partial charge in [-0.15, -0.1) is 0 Å². The van der Waals surface area contributed by atoms with E-state index in [0.717, 1.165) is 0 Å². The lowest BCUT2D eigenvalue weighted by molar-refractivity contribution is -0.293. The van der Waals surface area contributed by atoms with E-state index in [4.69, 9.17) is 14.2 Å². The maximum absolute atomic E-state index is 14.6. The predicted molar refractivity (Wildman–Crippen MR) is 177 cm³/mol. The molecule has 3 N–H and O–H groups in total. The van der Waals surface area contributed by atoms with Gasteiger partial charge >= 0.3 is 12.1 Å². The number of fused-ring (bicyclic) bond motifs is 5. The zero-order valence-corrected chi connectivity index (χ0v) is 30.0. The SMILES string of the molecule is CC1=C2[C@@H](O)C(=O)[C@@]3(C)C([C@H](C)[C@](O)(C[C@@H]1OC(=O)[C@H](C)[C@@H](NC(=O)OC(C)(C)C)c1ccccc1)C2(C)C)[C@]1(C)CO[C@@H]1C[C@@H]3C. The van der Waals surface area contributed by atoms with Gasteiger partial charge in [-0.2, -0.15) is 0 Å². The van der Waals surface area contributed by atoms with E-state index in [9.17, 15) is 24.6 Å². The van der Waals surface area contributed by atoms with Crippen LogP contribution >= 0.6 is 0 Å². The monoisotopic (exact) mass is 653 g/mol. The van der Waals surface area contributed by atoms with Crippen LogP contribution in [0.5, 0.6) is 0 Å². The van der Waals surface area contributed by atoms with Crippen LogP contribution in [0, 0.1) is 39.9 Å². The minimum atomic E-state index is -1.47. The van der Waals surface area contributed by atoms with Crippen LogP contribution in [0.2, 0.25) is 0 Å². The van der Waals surface area contributed by atoms with E-state index in [0.29, 0.717) is 29.7 Å². The average Bonchev–Trinajstić information content (AvgIpc) is 2.98. The van der Waals surface area contributed by atoms with Crippen molar-refractivity contribution in [3.05, 3.63) is 47.0 Å². The zero-order chi connectivity index (χ0) is 35.1. The van der Waals surface area contributed by atoms with Crippen LogP contribution in [0.4, 0.5) is 4.79 Å². The minimum Gasteiger partial charge on any atom is -0.457 e. The number of esters is 1. The number of hydrogen-bond donors (Lipinski definition) is 3. The first-order chi connectivity index (χ1) is 21.6. The van der Waals surface area contributed by atoms with Crippen LogP contribution in [-0.4, -0.2) is 64.2 Å². The van der Waals surface area contributed by atoms with Crippen LogP contribution in [0.15, 0.2) is 41.5 Å². The van der Waals surface area contributed by atoms with Gasteiger partial charge in [0, 0.05) is 22.7 Å². The fourth-order valence-corrected chi connectivity index (χ4v) is 9.85. The zero-order valence-electron chi connectivity index (χ0n) is 30.0. The second-order valence-corrected chi connectivity index (χ2v) is 16.9. The summed E-state index contributed by atoms with van der Waals surface area (Å²) < 4.78 is 17.8. The number of ketones is 1. The Bertz CT molecular complexity index is 1450. The van der Waals surface area contributed by atoms with E-state index in [1.807, 2.05) is 58.0 Å². The standard InChI is InChI=1S/C38H55NO8/c1-20-17-26-36(10,19-45-26)30-23(4)38(44)18-25(21(2)27(35(38,8)9)29(40)31(41)37(20,30)11)46-32(42)22(3)28(24-15-13-12-14-16-24)39-33(43)47-34(5,6)7/h12-16,20,22-23,25-26,28-30,40,44H,17-19H2,1-11H3,(H,39,43)/t20-,22+,23-,25-,26+,28+,29+,30?,36+,37+,38+/m0/s1. The number of ether oxygens (including phenoxy) is 3. The van der Waals surface area contributed by atoms with Gasteiger partial charge in [0.05, 0.1) is 30.3 Å². The summed E-state index contributed by atoms with van der Waals surface area (Å²) in [5.41, 5.74) is -2.71. The molecule has 3 aliphatic carbocycles. The molecule has 1 aromatic rings. The smallest absolute Gasteiger partial charge is 0.408 e. The molecule has 3 fully saturated rings. The number of hydrogen-bond acceptors (Lipinski definition) is 8. The van der Waals surface area contributed by atoms with E-state index < -0.39 is 64.2 Å². The van der Waals surface area contributed by atoms with Gasteiger partial charge in [-0.05, 0) is 75.5 Å². The number of alkyl carbamates (subject to hydrolysis) is 1. The Labute approximate surface area is 279 Å². The van der Waals surface area contributed by atoms with Gasteiger partial charge in [0.15, 0.2) is 5.78 Å². The highest BCUT2D eigenvalue weighted by Crippen LogP contribution is 2.68. The quantitative estimate of drug-likeness (QED) is 0.264. The number of Topliss-reactive ketones (excluding diaryl/α,β-unsaturated/α-hetero) is 1. The Balaban J connectivity index is 1.53. The molecule has 4 aliphatic rings. The van der Waals surface area contributed by atoms with Crippen molar-refractivity contribution in [1.82, 2.24) is 5.32 Å². The third-order valence-electron chi connectivity index (χ3n) is 12.7. The molecule has 1 heterocycles. The molecule has 11 atom stereocenters. The topological polar surface area (TPSA) is 131 Å². The normalized spacial score (nSPS) is 39.2. The van der Waals surface area contributed by atoms with Crippen molar-refractivity contribution in [2.45, 2.75) is 125 Å². The molecule has 0 aromatic heterocycles. The fourth-order valence-electron chi connectivity index (χ4n) is 9.85. The van der Waals surface area contributed by atoms with Crippen molar-refractivity contribution in [3.8, 4) is 0 Å². The summed E-state index contributed by atoms with van der Waals surface area (Å²) >= 11 is 0. The molecule has 1 unspecified atom stereocenters. The van der Waals surface area contributed by atoms with Gasteiger partial charge in [0.2, 0.25) is 0 Å². The van der Waals surface area contributed by atoms with Crippen molar-refractivity contribution in [2.75, 3.05) is 6.61 Å². The Hall–Kier alpha value is -2.75. The summed E-state index contributed by atoms with van der Waals surface area (Å²) in [5.74, 6) is -2.41. The highest BCUT2D eigenvalue weighted by atomic mass is 16.6. The first-order valence-electron chi connectivity index (χ1n) is 17.1. The number of nitrogens with one attached hydrogen (secondary N) is 1. The van der Waals surface area contributed by atoms with Crippen molar-refractivity contribution < 1.29 is 38.8 Å². The lowest BCUT2D eigenvalue weighted by Gasteiger charge is -2.69. The predicted octanol–water partition coefficient (Wildman–Crippen LogP) is 5.92. The molecule has 2 saturated carbocycles. The molecule has 47 heavy (non-hydrogen) atoms. The first-order valence-corrected chi connectivity index (χ1v) is 17.1. The third kappa shape index (κ3) is 5.45. The molecule has 0 spiro atoms. The van der Waals surface area contributed by atoms with Crippen LogP contribution in [0.25, 0.3) is 0 Å². The molecular formula is C38H55NO8. The Morgan fingerprint density at radius 3 is 2.26 bits per heavy atom. The number of carbonyl (C=O) groups is 3. The van der Waals surface area contributed by atoms with E-state index >= 15 is 0 Å². The largest absolute Gasteiger partial charge is 0.457 e. The number of amides is 1. The van der Waals surface area contributed by atoms with Gasteiger partial charge in [0.1, 0.15) is 17.8 Å². The summed E-state index contributed by atoms with van der Waals surface area (Å²) in [6.07, 6.45) is -2.23. The molecule has 1 aromatic carbocycles. The van der Waals surface area contributed by atoms with Crippen molar-refractivity contribution in [2.24, 2.45) is 39.9 Å². The molecule has 1 saturated heterocycles. The van der Waals surface area contributed by atoms with E-state index in [2.05, 4.69) is 19.2 Å². The van der Waals surface area contributed by atoms with Crippen molar-refractivity contribution >= 4 is 17.8 Å². The highest BCUT2D eigenvalue weighted by molar-refractivity contribution is 5.93. The van der Waals surface area contributed by atoms with Gasteiger partial charge in [-0.3, -0.25) is 9.59 Å². The minimum absolute atomic E-state index is 0.0312. The third-order valence-corrected chi connectivity index (χ3v) is 12.7. The summed E-state index contributed by atoms with van der Waals surface area (Å²) in [6.45, 7) is 21.2. The van der Waals surface area contributed by atoms with E-state index in [1.165, 1.54) is 0 Å². The molecule has 9 heteroatoms. The molecule has 1 aliphatic heterocycles. The van der Waals surface area contributed by atoms with Crippen LogP contribution < -0.4 is 5.32 Å². The highest BCUT2D eigenvalue weighted by Gasteiger charge is 2.72. The fraction of sp³-hybridized carbons (Fsp3) is 0.711. The van der Waals surface area contributed by atoms with Gasteiger partial charge in [0.25, 0.3) is 0 Å². The molecule has 260 valence electrons. The Morgan fingerprint density at radius 2 is 1.70 bits per heavy atom. The van der Waals surface area contributed by atoms with Crippen LogP contribution in [0.3, 0.4) is 0 Å². The van der Waals surface area contributed by atoms with Crippen molar-refractivity contribution in [1.29, 1.82) is 0 Å². The van der Waals surface area contributed by atoms with E-state index in [-0.39, 0.29) is 35.6 Å². The van der Waals surface area contributed by atoms with Gasteiger partial charge in [-0.1, -0.05) is 71.9 Å². The average molecular weight is 654 g/mol. The molecule has 0 radical (unpaired) electrons. The molecule has 5 rings (SSSR count). The number of benzene rings is 1. The maximum Gasteiger partial charge on any atom is 0.408 e. The van der Waals surface area contributed by atoms with Crippen LogP contribution in [-0.2, 0) is 23.8 Å². The lowest BCUT2D eigenvalue weighted by atomic mass is 9.39. The second kappa shape index (κ2) is 11.7. The molecule has 9 nitrogen and oxygen atoms in total. The second-order valence-electron chi connectivity index (χ2n) is 16.9. The summed E-state index contributed by atoms with van der Waals surface area (Å²) in [7, 11) is 0. The van der Waals surface area contributed by atoms with Crippen LogP contribution in [0.1, 0.15) is 101 Å². The summed E-state index contributed by atoms with van der Waals surface area (Å²) in [6, 6.07) is 8.41. The lowest BCUT2D eigenvalue weighted by Crippen LogP contribution is -2.73. The number of aliphatic hydroxyl groups excluding tert-OH is 1. The Kier molecular flexibility index (Phi) is 8.85. The first kappa shape index (κ1) is 35.6. The number of rotatable bonds is 5. The van der Waals surface area contributed by atoms with E-state index in [1.54, 1.807) is 34.6 Å². The molecular weight excluding hydrogens is 598 g/mol. The number of aliphatic hydroxyl groups is 2. The van der Waals surface area contributed by atoms with Crippen molar-refractivity contribution in [3.63, 3.8) is 0 Å². The molecule has 2 bridgehead atoms. The summed E-state index contributed by atoms with van der Waals surface area (Å²) in [4.78, 5) is 41.5. The number of carbonyl (C=O) groups excluding carboxylic acids is 3. The summed E-state index contributed by atoms with van der Waals surface area (Å²) in [5, 5.41) is 27.9. The van der Waals surface area contributed by atoms with Gasteiger partial charge in [-0.25, -0.2) is 4.79 Å². The molecule has 1 amide bonds. The van der Waals surface area contributed by atoms with Gasteiger partial charge < -0.3 is 29.7 Å². The maximum atomic E-state index is 14.6. The Morgan fingerprint density at radius 1 is 1.09 bits per heavy atom.